The third-order valence-corrected chi connectivity index (χ3v) is 4.57. The van der Waals surface area contributed by atoms with E-state index in [0.29, 0.717) is 0 Å². The Morgan fingerprint density at radius 3 is 2.88 bits per heavy atom. The van der Waals surface area contributed by atoms with Crippen molar-refractivity contribution in [2.24, 2.45) is 18.0 Å². The number of nitrogens with one attached hydrogen (secondary N) is 1. The second-order valence-corrected chi connectivity index (χ2v) is 6.75. The number of guanidine groups is 1. The number of nitrogens with zero attached hydrogens (tertiary/aromatic N) is 4. The minimum absolute atomic E-state index is 0. The second kappa shape index (κ2) is 11.0. The number of aryl methyl sites for hydroxylation is 1. The maximum absolute atomic E-state index is 4.82. The van der Waals surface area contributed by atoms with Crippen molar-refractivity contribution in [2.75, 3.05) is 39.8 Å². The van der Waals surface area contributed by atoms with E-state index in [1.807, 2.05) is 0 Å². The maximum atomic E-state index is 4.82. The van der Waals surface area contributed by atoms with E-state index in [1.54, 1.807) is 0 Å². The zero-order valence-electron chi connectivity index (χ0n) is 15.7. The summed E-state index contributed by atoms with van der Waals surface area (Å²) >= 11 is 0. The van der Waals surface area contributed by atoms with Gasteiger partial charge in [-0.3, -0.25) is 4.99 Å². The second-order valence-electron chi connectivity index (χ2n) is 6.75. The SMILES string of the molecule is CCNC(=NCCN1CCCC(C)C1)N(C)Cc1cccn1C.I. The summed E-state index contributed by atoms with van der Waals surface area (Å²) in [5.41, 5.74) is 1.29. The fourth-order valence-corrected chi connectivity index (χ4v) is 3.24. The van der Waals surface area contributed by atoms with Crippen molar-refractivity contribution in [3.05, 3.63) is 24.0 Å². The van der Waals surface area contributed by atoms with Crippen molar-refractivity contribution in [3.8, 4) is 0 Å². The molecule has 1 N–H and O–H groups in total. The fraction of sp³-hybridized carbons (Fsp3) is 0.722. The van der Waals surface area contributed by atoms with Gasteiger partial charge in [-0.15, -0.1) is 24.0 Å². The van der Waals surface area contributed by atoms with Gasteiger partial charge in [-0.2, -0.15) is 0 Å². The molecule has 0 spiro atoms. The van der Waals surface area contributed by atoms with Gasteiger partial charge >= 0.3 is 0 Å². The van der Waals surface area contributed by atoms with Crippen LogP contribution in [0.15, 0.2) is 23.3 Å². The lowest BCUT2D eigenvalue weighted by Crippen LogP contribution is -2.40. The molecule has 1 aliphatic rings. The number of rotatable bonds is 6. The summed E-state index contributed by atoms with van der Waals surface area (Å²) < 4.78 is 2.16. The van der Waals surface area contributed by atoms with Crippen LogP contribution in [0, 0.1) is 5.92 Å². The van der Waals surface area contributed by atoms with E-state index in [0.717, 1.165) is 38.1 Å². The number of aliphatic imine (C=N–C) groups is 1. The fourth-order valence-electron chi connectivity index (χ4n) is 3.24. The van der Waals surface area contributed by atoms with E-state index in [-0.39, 0.29) is 24.0 Å². The van der Waals surface area contributed by atoms with Crippen LogP contribution in [0.1, 0.15) is 32.4 Å². The molecular weight excluding hydrogens is 413 g/mol. The molecule has 6 heteroatoms. The molecule has 1 unspecified atom stereocenters. The maximum Gasteiger partial charge on any atom is 0.194 e. The molecule has 5 nitrogen and oxygen atoms in total. The Hall–Kier alpha value is -0.760. The van der Waals surface area contributed by atoms with Gasteiger partial charge in [0, 0.05) is 45.6 Å². The molecule has 0 aromatic carbocycles. The Kier molecular flexibility index (Phi) is 9.73. The summed E-state index contributed by atoms with van der Waals surface area (Å²) in [5, 5.41) is 3.41. The number of piperidine rings is 1. The van der Waals surface area contributed by atoms with Crippen LogP contribution < -0.4 is 5.32 Å². The summed E-state index contributed by atoms with van der Waals surface area (Å²) in [4.78, 5) is 9.58. The first-order valence-corrected chi connectivity index (χ1v) is 8.92. The lowest BCUT2D eigenvalue weighted by atomic mass is 10.0. The van der Waals surface area contributed by atoms with Crippen molar-refractivity contribution in [1.82, 2.24) is 19.7 Å². The standard InChI is InChI=1S/C18H33N5.HI/c1-5-19-18(22(4)15-17-9-7-11-21(17)3)20-10-13-23-12-6-8-16(2)14-23;/h7,9,11,16H,5-6,8,10,12-15H2,1-4H3,(H,19,20);1H. The van der Waals surface area contributed by atoms with Crippen molar-refractivity contribution >= 4 is 29.9 Å². The summed E-state index contributed by atoms with van der Waals surface area (Å²) in [6.07, 6.45) is 4.80. The van der Waals surface area contributed by atoms with Crippen LogP contribution in [0.5, 0.6) is 0 Å². The smallest absolute Gasteiger partial charge is 0.194 e. The van der Waals surface area contributed by atoms with Gasteiger partial charge in [0.25, 0.3) is 0 Å². The third kappa shape index (κ3) is 6.63. The molecule has 0 saturated carbocycles. The molecule has 1 fully saturated rings. The van der Waals surface area contributed by atoms with Crippen LogP contribution in [-0.4, -0.2) is 60.1 Å². The molecule has 2 heterocycles. The highest BCUT2D eigenvalue weighted by molar-refractivity contribution is 14.0. The Bertz CT molecular complexity index is 499. The summed E-state index contributed by atoms with van der Waals surface area (Å²) in [7, 11) is 4.20. The highest BCUT2D eigenvalue weighted by Gasteiger charge is 2.15. The number of aromatic nitrogens is 1. The summed E-state index contributed by atoms with van der Waals surface area (Å²) in [5.74, 6) is 1.83. The van der Waals surface area contributed by atoms with Gasteiger partial charge in [0.05, 0.1) is 13.1 Å². The van der Waals surface area contributed by atoms with E-state index in [4.69, 9.17) is 4.99 Å². The van der Waals surface area contributed by atoms with Gasteiger partial charge in [-0.1, -0.05) is 6.92 Å². The average molecular weight is 447 g/mol. The van der Waals surface area contributed by atoms with Crippen LogP contribution in [-0.2, 0) is 13.6 Å². The van der Waals surface area contributed by atoms with Gasteiger partial charge in [0.15, 0.2) is 5.96 Å². The first-order valence-electron chi connectivity index (χ1n) is 8.92. The molecule has 1 aliphatic heterocycles. The van der Waals surface area contributed by atoms with Crippen LogP contribution >= 0.6 is 24.0 Å². The Labute approximate surface area is 164 Å². The quantitative estimate of drug-likeness (QED) is 0.414. The number of likely N-dealkylation sites (tertiary alicyclic amines) is 1. The van der Waals surface area contributed by atoms with Crippen LogP contribution in [0.3, 0.4) is 0 Å². The third-order valence-electron chi connectivity index (χ3n) is 4.57. The molecule has 24 heavy (non-hydrogen) atoms. The van der Waals surface area contributed by atoms with Gasteiger partial charge < -0.3 is 19.7 Å². The lowest BCUT2D eigenvalue weighted by molar-refractivity contribution is 0.188. The summed E-state index contributed by atoms with van der Waals surface area (Å²) in [6.45, 7) is 10.6. The minimum Gasteiger partial charge on any atom is -0.357 e. The van der Waals surface area contributed by atoms with Gasteiger partial charge in [-0.25, -0.2) is 0 Å². The van der Waals surface area contributed by atoms with Crippen LogP contribution in [0.25, 0.3) is 0 Å². The van der Waals surface area contributed by atoms with E-state index < -0.39 is 0 Å². The van der Waals surface area contributed by atoms with Crippen molar-refractivity contribution in [3.63, 3.8) is 0 Å². The normalized spacial score (nSPS) is 19.0. The Balaban J connectivity index is 0.00000288. The predicted molar refractivity (Wildman–Crippen MR) is 113 cm³/mol. The molecule has 1 aromatic rings. The minimum atomic E-state index is 0. The van der Waals surface area contributed by atoms with Crippen molar-refractivity contribution in [1.29, 1.82) is 0 Å². The Morgan fingerprint density at radius 1 is 1.46 bits per heavy atom. The average Bonchev–Trinajstić information content (AvgIpc) is 2.91. The zero-order valence-corrected chi connectivity index (χ0v) is 18.0. The molecule has 0 bridgehead atoms. The van der Waals surface area contributed by atoms with E-state index in [1.165, 1.54) is 31.6 Å². The zero-order chi connectivity index (χ0) is 16.7. The molecule has 1 atom stereocenters. The van der Waals surface area contributed by atoms with Gasteiger partial charge in [0.2, 0.25) is 0 Å². The molecular formula is C18H34IN5. The van der Waals surface area contributed by atoms with Crippen molar-refractivity contribution in [2.45, 2.75) is 33.2 Å². The predicted octanol–water partition coefficient (Wildman–Crippen LogP) is 2.77. The van der Waals surface area contributed by atoms with Crippen LogP contribution in [0.2, 0.25) is 0 Å². The first-order chi connectivity index (χ1) is 11.1. The monoisotopic (exact) mass is 447 g/mol. The van der Waals surface area contributed by atoms with Crippen LogP contribution in [0.4, 0.5) is 0 Å². The molecule has 0 aliphatic carbocycles. The van der Waals surface area contributed by atoms with Crippen molar-refractivity contribution < 1.29 is 0 Å². The molecule has 0 amide bonds. The molecule has 1 saturated heterocycles. The van der Waals surface area contributed by atoms with E-state index in [9.17, 15) is 0 Å². The topological polar surface area (TPSA) is 35.8 Å². The Morgan fingerprint density at radius 2 is 2.25 bits per heavy atom. The largest absolute Gasteiger partial charge is 0.357 e. The molecule has 138 valence electrons. The molecule has 2 rings (SSSR count). The molecule has 0 radical (unpaired) electrons. The first kappa shape index (κ1) is 21.3. The number of halogens is 1. The van der Waals surface area contributed by atoms with E-state index >= 15 is 0 Å². The summed E-state index contributed by atoms with van der Waals surface area (Å²) in [6, 6.07) is 4.25. The highest BCUT2D eigenvalue weighted by atomic mass is 127. The lowest BCUT2D eigenvalue weighted by Gasteiger charge is -2.30. The number of hydrogen-bond acceptors (Lipinski definition) is 2. The van der Waals surface area contributed by atoms with Gasteiger partial charge in [-0.05, 0) is 44.4 Å². The highest BCUT2D eigenvalue weighted by Crippen LogP contribution is 2.14. The van der Waals surface area contributed by atoms with Gasteiger partial charge in [0.1, 0.15) is 0 Å². The number of hydrogen-bond donors (Lipinski definition) is 1. The molecule has 1 aromatic heterocycles. The van der Waals surface area contributed by atoms with E-state index in [2.05, 4.69) is 66.0 Å².